The van der Waals surface area contributed by atoms with E-state index in [2.05, 4.69) is 20.6 Å². The molecule has 1 aromatic heterocycles. The van der Waals surface area contributed by atoms with Crippen LogP contribution in [0.1, 0.15) is 19.3 Å². The molecular formula is C11H18N4O. The number of ether oxygens (including phenoxy) is 1. The number of nitrogens with zero attached hydrogens (tertiary/aromatic N) is 2. The first-order chi connectivity index (χ1) is 7.88. The van der Waals surface area contributed by atoms with Crippen molar-refractivity contribution in [2.45, 2.75) is 25.3 Å². The van der Waals surface area contributed by atoms with Gasteiger partial charge in [0.15, 0.2) is 5.75 Å². The molecule has 0 spiro atoms. The van der Waals surface area contributed by atoms with Gasteiger partial charge in [-0.2, -0.15) is 0 Å². The topological polar surface area (TPSA) is 59.1 Å². The highest BCUT2D eigenvalue weighted by Gasteiger charge is 2.12. The predicted octanol–water partition coefficient (Wildman–Crippen LogP) is 1.04. The molecular weight excluding hydrogens is 204 g/mol. The minimum atomic E-state index is 0.541. The van der Waals surface area contributed by atoms with E-state index < -0.39 is 0 Å². The highest BCUT2D eigenvalue weighted by molar-refractivity contribution is 5.27. The van der Waals surface area contributed by atoms with E-state index in [1.165, 1.54) is 19.3 Å². The van der Waals surface area contributed by atoms with Crippen LogP contribution in [0.5, 0.6) is 5.75 Å². The molecule has 0 aliphatic carbocycles. The fraction of sp³-hybridized carbons (Fsp3) is 0.636. The first-order valence-electron chi connectivity index (χ1n) is 5.72. The van der Waals surface area contributed by atoms with Gasteiger partial charge >= 0.3 is 0 Å². The van der Waals surface area contributed by atoms with Crippen molar-refractivity contribution in [2.24, 2.45) is 0 Å². The molecule has 1 atom stereocenters. The zero-order valence-corrected chi connectivity index (χ0v) is 9.57. The van der Waals surface area contributed by atoms with Crippen LogP contribution in [-0.2, 0) is 0 Å². The maximum absolute atomic E-state index is 5.00. The van der Waals surface area contributed by atoms with E-state index in [0.29, 0.717) is 17.7 Å². The first kappa shape index (κ1) is 11.1. The van der Waals surface area contributed by atoms with E-state index in [0.717, 1.165) is 13.1 Å². The molecule has 0 amide bonds. The van der Waals surface area contributed by atoms with E-state index in [-0.39, 0.29) is 0 Å². The van der Waals surface area contributed by atoms with Gasteiger partial charge in [-0.15, -0.1) is 0 Å². The Morgan fingerprint density at radius 3 is 2.88 bits per heavy atom. The molecule has 16 heavy (non-hydrogen) atoms. The second kappa shape index (κ2) is 5.65. The van der Waals surface area contributed by atoms with Crippen molar-refractivity contribution in [1.82, 2.24) is 15.3 Å². The molecule has 1 fully saturated rings. The zero-order chi connectivity index (χ0) is 11.2. The van der Waals surface area contributed by atoms with Crippen LogP contribution in [0.3, 0.4) is 0 Å². The fourth-order valence-corrected chi connectivity index (χ4v) is 1.83. The number of aromatic nitrogens is 2. The SMILES string of the molecule is COc1cnc(NCC2CCCCN2)nc1. The van der Waals surface area contributed by atoms with Crippen LogP contribution >= 0.6 is 0 Å². The van der Waals surface area contributed by atoms with Crippen molar-refractivity contribution in [2.75, 3.05) is 25.5 Å². The predicted molar refractivity (Wildman–Crippen MR) is 62.7 cm³/mol. The quantitative estimate of drug-likeness (QED) is 0.797. The Balaban J connectivity index is 1.79. The van der Waals surface area contributed by atoms with Gasteiger partial charge < -0.3 is 15.4 Å². The minimum Gasteiger partial charge on any atom is -0.494 e. The molecule has 1 saturated heterocycles. The van der Waals surface area contributed by atoms with E-state index in [4.69, 9.17) is 4.74 Å². The highest BCUT2D eigenvalue weighted by Crippen LogP contribution is 2.09. The van der Waals surface area contributed by atoms with Crippen molar-refractivity contribution in [3.05, 3.63) is 12.4 Å². The normalized spacial score (nSPS) is 20.4. The molecule has 0 bridgehead atoms. The van der Waals surface area contributed by atoms with Gasteiger partial charge in [-0.1, -0.05) is 6.42 Å². The zero-order valence-electron chi connectivity index (χ0n) is 9.57. The van der Waals surface area contributed by atoms with Crippen molar-refractivity contribution in [3.8, 4) is 5.75 Å². The number of hydrogen-bond donors (Lipinski definition) is 2. The molecule has 1 unspecified atom stereocenters. The maximum atomic E-state index is 5.00. The summed E-state index contributed by atoms with van der Waals surface area (Å²) in [5, 5.41) is 6.69. The lowest BCUT2D eigenvalue weighted by molar-refractivity contribution is 0.409. The summed E-state index contributed by atoms with van der Waals surface area (Å²) in [5.74, 6) is 1.34. The molecule has 2 rings (SSSR count). The summed E-state index contributed by atoms with van der Waals surface area (Å²) in [5.41, 5.74) is 0. The monoisotopic (exact) mass is 222 g/mol. The van der Waals surface area contributed by atoms with Gasteiger partial charge in [0, 0.05) is 12.6 Å². The second-order valence-corrected chi connectivity index (χ2v) is 3.97. The van der Waals surface area contributed by atoms with Crippen molar-refractivity contribution >= 4 is 5.95 Å². The number of rotatable bonds is 4. The Hall–Kier alpha value is -1.36. The molecule has 5 heteroatoms. The van der Waals surface area contributed by atoms with E-state index in [9.17, 15) is 0 Å². The van der Waals surface area contributed by atoms with E-state index in [1.807, 2.05) is 0 Å². The van der Waals surface area contributed by atoms with Gasteiger partial charge in [-0.25, -0.2) is 9.97 Å². The maximum Gasteiger partial charge on any atom is 0.222 e. The Labute approximate surface area is 95.6 Å². The number of methoxy groups -OCH3 is 1. The molecule has 0 radical (unpaired) electrons. The van der Waals surface area contributed by atoms with Crippen LogP contribution in [0.25, 0.3) is 0 Å². The van der Waals surface area contributed by atoms with Crippen molar-refractivity contribution in [1.29, 1.82) is 0 Å². The number of hydrogen-bond acceptors (Lipinski definition) is 5. The Morgan fingerprint density at radius 2 is 2.25 bits per heavy atom. The average molecular weight is 222 g/mol. The standard InChI is InChI=1S/C11H18N4O/c1-16-10-7-14-11(15-8-10)13-6-9-4-2-3-5-12-9/h7-9,12H,2-6H2,1H3,(H,13,14,15). The van der Waals surface area contributed by atoms with Gasteiger partial charge in [0.05, 0.1) is 19.5 Å². The lowest BCUT2D eigenvalue weighted by Gasteiger charge is -2.23. The third kappa shape index (κ3) is 3.06. The van der Waals surface area contributed by atoms with Gasteiger partial charge in [0.25, 0.3) is 0 Å². The number of nitrogens with one attached hydrogen (secondary N) is 2. The number of anilines is 1. The Bertz CT molecular complexity index is 308. The lowest BCUT2D eigenvalue weighted by Crippen LogP contribution is -2.39. The molecule has 5 nitrogen and oxygen atoms in total. The molecule has 2 heterocycles. The molecule has 1 aliphatic heterocycles. The van der Waals surface area contributed by atoms with Crippen LogP contribution in [-0.4, -0.2) is 36.2 Å². The Kier molecular flexibility index (Phi) is 3.93. The summed E-state index contributed by atoms with van der Waals surface area (Å²) in [6.07, 6.45) is 7.16. The molecule has 88 valence electrons. The molecule has 1 aliphatic rings. The number of piperidine rings is 1. The van der Waals surface area contributed by atoms with Crippen LogP contribution in [0.15, 0.2) is 12.4 Å². The van der Waals surface area contributed by atoms with Crippen LogP contribution in [0.4, 0.5) is 5.95 Å². The highest BCUT2D eigenvalue weighted by atomic mass is 16.5. The van der Waals surface area contributed by atoms with Crippen molar-refractivity contribution < 1.29 is 4.74 Å². The largest absolute Gasteiger partial charge is 0.494 e. The molecule has 1 aromatic rings. The minimum absolute atomic E-state index is 0.541. The summed E-state index contributed by atoms with van der Waals surface area (Å²) in [7, 11) is 1.61. The smallest absolute Gasteiger partial charge is 0.222 e. The van der Waals surface area contributed by atoms with E-state index >= 15 is 0 Å². The van der Waals surface area contributed by atoms with Gasteiger partial charge in [-0.3, -0.25) is 0 Å². The van der Waals surface area contributed by atoms with Crippen LogP contribution in [0.2, 0.25) is 0 Å². The third-order valence-corrected chi connectivity index (χ3v) is 2.78. The molecule has 0 aromatic carbocycles. The summed E-state index contributed by atoms with van der Waals surface area (Å²) in [6, 6.07) is 0.541. The van der Waals surface area contributed by atoms with E-state index in [1.54, 1.807) is 19.5 Å². The summed E-state index contributed by atoms with van der Waals surface area (Å²) in [6.45, 7) is 2.00. The lowest BCUT2D eigenvalue weighted by atomic mass is 10.1. The van der Waals surface area contributed by atoms with Gasteiger partial charge in [0.2, 0.25) is 5.95 Å². The Morgan fingerprint density at radius 1 is 1.44 bits per heavy atom. The van der Waals surface area contributed by atoms with Gasteiger partial charge in [0.1, 0.15) is 0 Å². The molecule has 0 saturated carbocycles. The van der Waals surface area contributed by atoms with Gasteiger partial charge in [-0.05, 0) is 19.4 Å². The third-order valence-electron chi connectivity index (χ3n) is 2.78. The summed E-state index contributed by atoms with van der Waals surface area (Å²) >= 11 is 0. The summed E-state index contributed by atoms with van der Waals surface area (Å²) in [4.78, 5) is 8.32. The first-order valence-corrected chi connectivity index (χ1v) is 5.72. The van der Waals surface area contributed by atoms with Crippen LogP contribution < -0.4 is 15.4 Å². The average Bonchev–Trinajstić information content (AvgIpc) is 2.38. The van der Waals surface area contributed by atoms with Crippen LogP contribution in [0, 0.1) is 0 Å². The summed E-state index contributed by atoms with van der Waals surface area (Å²) < 4.78 is 5.00. The molecule has 2 N–H and O–H groups in total. The van der Waals surface area contributed by atoms with Crippen molar-refractivity contribution in [3.63, 3.8) is 0 Å². The fourth-order valence-electron chi connectivity index (χ4n) is 1.83. The second-order valence-electron chi connectivity index (χ2n) is 3.97.